The summed E-state index contributed by atoms with van der Waals surface area (Å²) in [5.74, 6) is -2.16. The Bertz CT molecular complexity index is 1150. The molecule has 2 heterocycles. The molecule has 7 nitrogen and oxygen atoms in total. The molecule has 1 aliphatic rings. The van der Waals surface area contributed by atoms with E-state index in [9.17, 15) is 30.8 Å². The molecule has 2 aromatic rings. The molecule has 0 saturated heterocycles. The van der Waals surface area contributed by atoms with Gasteiger partial charge in [-0.2, -0.15) is 13.2 Å². The van der Waals surface area contributed by atoms with Gasteiger partial charge in [0.15, 0.2) is 11.4 Å². The van der Waals surface area contributed by atoms with Crippen LogP contribution in [0, 0.1) is 12.7 Å². The lowest BCUT2D eigenvalue weighted by Crippen LogP contribution is -2.51. The number of amides is 1. The SMILES string of the molecule is Cc1cc(C(F)(F)F)cnc1N1C(=O)C(C)(C)Oc2cc(NS(C)(=O)=O)cc(F)c21. The summed E-state index contributed by atoms with van der Waals surface area (Å²) in [7, 11) is -3.72. The zero-order valence-electron chi connectivity index (χ0n) is 16.3. The summed E-state index contributed by atoms with van der Waals surface area (Å²) >= 11 is 0. The van der Waals surface area contributed by atoms with E-state index in [2.05, 4.69) is 9.71 Å². The van der Waals surface area contributed by atoms with Crippen LogP contribution in [0.5, 0.6) is 5.75 Å². The van der Waals surface area contributed by atoms with E-state index in [1.807, 2.05) is 0 Å². The Hall–Kier alpha value is -2.89. The van der Waals surface area contributed by atoms with Gasteiger partial charge in [0, 0.05) is 18.3 Å². The van der Waals surface area contributed by atoms with Crippen LogP contribution in [0.2, 0.25) is 0 Å². The number of carbonyl (C=O) groups excluding carboxylic acids is 1. The molecule has 0 saturated carbocycles. The van der Waals surface area contributed by atoms with Crippen molar-refractivity contribution in [3.63, 3.8) is 0 Å². The van der Waals surface area contributed by atoms with Crippen LogP contribution in [0.25, 0.3) is 0 Å². The number of hydrogen-bond acceptors (Lipinski definition) is 5. The zero-order chi connectivity index (χ0) is 22.6. The molecule has 162 valence electrons. The van der Waals surface area contributed by atoms with Gasteiger partial charge in [-0.25, -0.2) is 17.8 Å². The third-order valence-corrected chi connectivity index (χ3v) is 4.83. The Morgan fingerprint density at radius 1 is 1.20 bits per heavy atom. The van der Waals surface area contributed by atoms with E-state index in [1.165, 1.54) is 26.8 Å². The minimum absolute atomic E-state index is 0.0143. The van der Waals surface area contributed by atoms with Crippen molar-refractivity contribution in [3.05, 3.63) is 41.3 Å². The quantitative estimate of drug-likeness (QED) is 0.724. The molecule has 12 heteroatoms. The number of aromatic nitrogens is 1. The maximum Gasteiger partial charge on any atom is 0.417 e. The largest absolute Gasteiger partial charge is 0.476 e. The van der Waals surface area contributed by atoms with Gasteiger partial charge < -0.3 is 4.74 Å². The van der Waals surface area contributed by atoms with Crippen LogP contribution in [0.3, 0.4) is 0 Å². The average molecular weight is 447 g/mol. The number of pyridine rings is 1. The minimum atomic E-state index is -4.64. The van der Waals surface area contributed by atoms with Crippen LogP contribution in [0.15, 0.2) is 24.4 Å². The number of alkyl halides is 3. The molecule has 0 atom stereocenters. The maximum absolute atomic E-state index is 15.0. The van der Waals surface area contributed by atoms with Gasteiger partial charge in [0.25, 0.3) is 5.91 Å². The van der Waals surface area contributed by atoms with E-state index in [0.29, 0.717) is 6.20 Å². The second-order valence-corrected chi connectivity index (χ2v) is 9.04. The van der Waals surface area contributed by atoms with E-state index in [4.69, 9.17) is 4.74 Å². The Labute approximate surface area is 169 Å². The number of ether oxygens (including phenoxy) is 1. The van der Waals surface area contributed by atoms with E-state index in [0.717, 1.165) is 23.3 Å². The highest BCUT2D eigenvalue weighted by Gasteiger charge is 2.45. The summed E-state index contributed by atoms with van der Waals surface area (Å²) in [4.78, 5) is 17.6. The van der Waals surface area contributed by atoms with Crippen molar-refractivity contribution in [2.24, 2.45) is 0 Å². The van der Waals surface area contributed by atoms with Gasteiger partial charge >= 0.3 is 6.18 Å². The average Bonchev–Trinajstić information content (AvgIpc) is 2.54. The number of carbonyl (C=O) groups is 1. The summed E-state index contributed by atoms with van der Waals surface area (Å²) in [6.45, 7) is 4.09. The van der Waals surface area contributed by atoms with Crippen LogP contribution in [0.1, 0.15) is 25.0 Å². The van der Waals surface area contributed by atoms with Crippen LogP contribution < -0.4 is 14.4 Å². The minimum Gasteiger partial charge on any atom is -0.476 e. The van der Waals surface area contributed by atoms with E-state index >= 15 is 0 Å². The molecule has 1 aromatic carbocycles. The first kappa shape index (κ1) is 21.8. The molecular weight excluding hydrogens is 430 g/mol. The molecule has 1 aliphatic heterocycles. The topological polar surface area (TPSA) is 88.6 Å². The van der Waals surface area contributed by atoms with E-state index in [-0.39, 0.29) is 28.5 Å². The normalized spacial score (nSPS) is 16.1. The zero-order valence-corrected chi connectivity index (χ0v) is 17.1. The number of sulfonamides is 1. The fourth-order valence-electron chi connectivity index (χ4n) is 2.99. The summed E-state index contributed by atoms with van der Waals surface area (Å²) in [5.41, 5.74) is -3.08. The predicted molar refractivity (Wildman–Crippen MR) is 101 cm³/mol. The van der Waals surface area contributed by atoms with Crippen molar-refractivity contribution in [1.82, 2.24) is 4.98 Å². The third kappa shape index (κ3) is 4.04. The molecule has 30 heavy (non-hydrogen) atoms. The molecule has 3 rings (SSSR count). The fourth-order valence-corrected chi connectivity index (χ4v) is 3.54. The van der Waals surface area contributed by atoms with Gasteiger partial charge in [-0.1, -0.05) is 0 Å². The highest BCUT2D eigenvalue weighted by Crippen LogP contribution is 2.45. The number of rotatable bonds is 3. The maximum atomic E-state index is 15.0. The Balaban J connectivity index is 2.21. The van der Waals surface area contributed by atoms with Crippen LogP contribution >= 0.6 is 0 Å². The number of benzene rings is 1. The van der Waals surface area contributed by atoms with Crippen molar-refractivity contribution in [2.45, 2.75) is 32.5 Å². The molecule has 1 aromatic heterocycles. The van der Waals surface area contributed by atoms with Crippen molar-refractivity contribution in [3.8, 4) is 5.75 Å². The smallest absolute Gasteiger partial charge is 0.417 e. The van der Waals surface area contributed by atoms with Crippen molar-refractivity contribution in [1.29, 1.82) is 0 Å². The lowest BCUT2D eigenvalue weighted by molar-refractivity contribution is -0.137. The first-order chi connectivity index (χ1) is 13.6. The number of aryl methyl sites for hydroxylation is 1. The lowest BCUT2D eigenvalue weighted by atomic mass is 10.0. The van der Waals surface area contributed by atoms with Gasteiger partial charge in [0.05, 0.1) is 17.5 Å². The first-order valence-corrected chi connectivity index (χ1v) is 10.4. The summed E-state index contributed by atoms with van der Waals surface area (Å²) in [6, 6.07) is 2.82. The standard InChI is InChI=1S/C18H17F4N3O4S/c1-9-5-10(18(20,21)22)8-23-15(9)25-14-12(19)6-11(24-30(4,27)28)7-13(14)29-17(2,3)16(25)26/h5-8,24H,1-4H3. The molecule has 1 N–H and O–H groups in total. The number of nitrogens with zero attached hydrogens (tertiary/aromatic N) is 2. The molecule has 0 fully saturated rings. The van der Waals surface area contributed by atoms with Crippen LogP contribution in [-0.2, 0) is 21.0 Å². The molecule has 0 bridgehead atoms. The number of nitrogens with one attached hydrogen (secondary N) is 1. The van der Waals surface area contributed by atoms with Gasteiger partial charge in [-0.15, -0.1) is 0 Å². The van der Waals surface area contributed by atoms with Crippen molar-refractivity contribution >= 4 is 33.1 Å². The Morgan fingerprint density at radius 2 is 1.83 bits per heavy atom. The van der Waals surface area contributed by atoms with Crippen molar-refractivity contribution < 1.29 is 35.5 Å². The molecule has 1 amide bonds. The van der Waals surface area contributed by atoms with Crippen LogP contribution in [-0.4, -0.2) is 31.2 Å². The van der Waals surface area contributed by atoms with E-state index in [1.54, 1.807) is 0 Å². The fraction of sp³-hybridized carbons (Fsp3) is 0.333. The summed E-state index contributed by atoms with van der Waals surface area (Å²) in [6.07, 6.45) is -3.21. The first-order valence-electron chi connectivity index (χ1n) is 8.49. The predicted octanol–water partition coefficient (Wildman–Crippen LogP) is 3.76. The highest BCUT2D eigenvalue weighted by atomic mass is 32.2. The molecule has 0 spiro atoms. The number of fused-ring (bicyclic) bond motifs is 1. The summed E-state index contributed by atoms with van der Waals surface area (Å²) in [5, 5.41) is 0. The van der Waals surface area contributed by atoms with Gasteiger partial charge in [0.2, 0.25) is 10.0 Å². The van der Waals surface area contributed by atoms with Gasteiger partial charge in [0.1, 0.15) is 17.3 Å². The lowest BCUT2D eigenvalue weighted by Gasteiger charge is -2.39. The third-order valence-electron chi connectivity index (χ3n) is 4.23. The highest BCUT2D eigenvalue weighted by molar-refractivity contribution is 7.92. The second-order valence-electron chi connectivity index (χ2n) is 7.29. The molecule has 0 radical (unpaired) electrons. The monoisotopic (exact) mass is 447 g/mol. The molecule has 0 unspecified atom stereocenters. The van der Waals surface area contributed by atoms with E-state index < -0.39 is 39.1 Å². The van der Waals surface area contributed by atoms with Gasteiger partial charge in [-0.05, 0) is 32.4 Å². The Kier molecular flexibility index (Phi) is 4.96. The van der Waals surface area contributed by atoms with Crippen LogP contribution in [0.4, 0.5) is 34.8 Å². The summed E-state index contributed by atoms with van der Waals surface area (Å²) < 4.78 is 84.5. The van der Waals surface area contributed by atoms with Gasteiger partial charge in [-0.3, -0.25) is 14.4 Å². The number of anilines is 3. The number of hydrogen-bond donors (Lipinski definition) is 1. The Morgan fingerprint density at radius 3 is 2.37 bits per heavy atom. The number of halogens is 4. The van der Waals surface area contributed by atoms with Crippen molar-refractivity contribution in [2.75, 3.05) is 15.9 Å². The second kappa shape index (κ2) is 6.83. The molecular formula is C18H17F4N3O4S. The molecule has 0 aliphatic carbocycles.